The Morgan fingerprint density at radius 1 is 1.21 bits per heavy atom. The van der Waals surface area contributed by atoms with E-state index in [1.54, 1.807) is 4.90 Å². The number of amides is 1. The molecule has 174 valence electrons. The molecule has 0 spiro atoms. The molecule has 0 unspecified atom stereocenters. The number of piperidine rings is 1. The van der Waals surface area contributed by atoms with Crippen molar-refractivity contribution in [3.63, 3.8) is 0 Å². The van der Waals surface area contributed by atoms with Crippen LogP contribution in [0.3, 0.4) is 0 Å². The van der Waals surface area contributed by atoms with Gasteiger partial charge >= 0.3 is 6.18 Å². The van der Waals surface area contributed by atoms with E-state index in [0.717, 1.165) is 48.4 Å². The first-order chi connectivity index (χ1) is 15.8. The molecule has 2 atom stereocenters. The molecule has 2 saturated heterocycles. The van der Waals surface area contributed by atoms with Gasteiger partial charge in [-0.1, -0.05) is 11.6 Å². The van der Waals surface area contributed by atoms with Crippen molar-refractivity contribution in [3.8, 4) is 0 Å². The van der Waals surface area contributed by atoms with Crippen molar-refractivity contribution in [2.75, 3.05) is 36.4 Å². The summed E-state index contributed by atoms with van der Waals surface area (Å²) in [5.74, 6) is 1.16. The number of benzene rings is 1. The standard InChI is InChI=1S/C22H22ClF3N6O/c23-15-7-14(22(24,25)26)8-16(9-15)28-10-19(33)31-5-2-13-3-6-32(18(13)11-31)21-17-1-4-27-20(17)29-12-30-21/h1,4,7-9,12-13,18,28H,2-3,5-6,10-11H2,(H,27,29,30)/t13-,18-/m0/s1. The second-order valence-corrected chi connectivity index (χ2v) is 8.89. The number of alkyl halides is 3. The van der Waals surface area contributed by atoms with Gasteiger partial charge in [0.1, 0.15) is 17.8 Å². The van der Waals surface area contributed by atoms with E-state index < -0.39 is 11.7 Å². The average Bonchev–Trinajstić information content (AvgIpc) is 3.43. The first-order valence-electron chi connectivity index (χ1n) is 10.7. The second kappa shape index (κ2) is 8.40. The fourth-order valence-electron chi connectivity index (χ4n) is 4.86. The van der Waals surface area contributed by atoms with E-state index in [0.29, 0.717) is 19.0 Å². The maximum absolute atomic E-state index is 13.0. The van der Waals surface area contributed by atoms with E-state index in [1.165, 1.54) is 12.4 Å². The van der Waals surface area contributed by atoms with Gasteiger partial charge in [0.05, 0.1) is 23.5 Å². The van der Waals surface area contributed by atoms with Crippen LogP contribution in [0.15, 0.2) is 36.8 Å². The Bertz CT molecular complexity index is 1180. The molecular formula is C22H22ClF3N6O. The number of nitrogens with zero attached hydrogens (tertiary/aromatic N) is 4. The summed E-state index contributed by atoms with van der Waals surface area (Å²) in [4.78, 5) is 28.8. The van der Waals surface area contributed by atoms with E-state index in [4.69, 9.17) is 11.6 Å². The molecule has 1 amide bonds. The fourth-order valence-corrected chi connectivity index (χ4v) is 5.10. The Hall–Kier alpha value is -3.01. The molecule has 2 aliphatic heterocycles. The maximum Gasteiger partial charge on any atom is 0.416 e. The van der Waals surface area contributed by atoms with Crippen LogP contribution in [0.2, 0.25) is 5.02 Å². The summed E-state index contributed by atoms with van der Waals surface area (Å²) in [7, 11) is 0. The molecule has 5 rings (SSSR count). The first kappa shape index (κ1) is 21.8. The van der Waals surface area contributed by atoms with Crippen molar-refractivity contribution < 1.29 is 18.0 Å². The van der Waals surface area contributed by atoms with Crippen LogP contribution in [0.1, 0.15) is 18.4 Å². The lowest BCUT2D eigenvalue weighted by molar-refractivity contribution is -0.137. The van der Waals surface area contributed by atoms with E-state index in [2.05, 4.69) is 25.2 Å². The van der Waals surface area contributed by atoms with Gasteiger partial charge < -0.3 is 20.1 Å². The van der Waals surface area contributed by atoms with Crippen LogP contribution in [0.4, 0.5) is 24.7 Å². The smallest absolute Gasteiger partial charge is 0.376 e. The lowest BCUT2D eigenvalue weighted by Gasteiger charge is -2.39. The summed E-state index contributed by atoms with van der Waals surface area (Å²) in [6.45, 7) is 1.92. The van der Waals surface area contributed by atoms with Gasteiger partial charge in [-0.25, -0.2) is 9.97 Å². The zero-order valence-corrected chi connectivity index (χ0v) is 18.3. The number of anilines is 2. The van der Waals surface area contributed by atoms with Crippen LogP contribution in [0.5, 0.6) is 0 Å². The molecule has 7 nitrogen and oxygen atoms in total. The van der Waals surface area contributed by atoms with Crippen molar-refractivity contribution in [3.05, 3.63) is 47.4 Å². The number of rotatable bonds is 4. The molecule has 0 saturated carbocycles. The first-order valence-corrected chi connectivity index (χ1v) is 11.1. The maximum atomic E-state index is 13.0. The Morgan fingerprint density at radius 3 is 2.85 bits per heavy atom. The molecule has 0 bridgehead atoms. The number of hydrogen-bond donors (Lipinski definition) is 2. The predicted octanol–water partition coefficient (Wildman–Crippen LogP) is 4.17. The van der Waals surface area contributed by atoms with Crippen molar-refractivity contribution in [2.24, 2.45) is 5.92 Å². The number of aromatic amines is 1. The largest absolute Gasteiger partial charge is 0.416 e. The monoisotopic (exact) mass is 478 g/mol. The molecule has 2 aromatic heterocycles. The van der Waals surface area contributed by atoms with Crippen LogP contribution in [-0.2, 0) is 11.0 Å². The molecule has 2 fully saturated rings. The van der Waals surface area contributed by atoms with Crippen LogP contribution in [0, 0.1) is 5.92 Å². The highest BCUT2D eigenvalue weighted by molar-refractivity contribution is 6.31. The van der Waals surface area contributed by atoms with E-state index >= 15 is 0 Å². The minimum Gasteiger partial charge on any atom is -0.376 e. The number of hydrogen-bond acceptors (Lipinski definition) is 5. The number of halogens is 4. The molecule has 0 aliphatic carbocycles. The van der Waals surface area contributed by atoms with E-state index in [9.17, 15) is 18.0 Å². The molecular weight excluding hydrogens is 457 g/mol. The van der Waals surface area contributed by atoms with E-state index in [-0.39, 0.29) is 29.2 Å². The molecule has 3 aromatic rings. The number of nitrogens with one attached hydrogen (secondary N) is 2. The molecule has 0 radical (unpaired) electrons. The summed E-state index contributed by atoms with van der Waals surface area (Å²) in [6, 6.07) is 5.29. The zero-order valence-electron chi connectivity index (χ0n) is 17.6. The summed E-state index contributed by atoms with van der Waals surface area (Å²) in [5.41, 5.74) is 0.0841. The third kappa shape index (κ3) is 4.31. The van der Waals surface area contributed by atoms with Crippen molar-refractivity contribution in [2.45, 2.75) is 25.1 Å². The van der Waals surface area contributed by atoms with Gasteiger partial charge in [-0.2, -0.15) is 13.2 Å². The minimum absolute atomic E-state index is 0.0388. The molecule has 4 heterocycles. The molecule has 2 aliphatic rings. The summed E-state index contributed by atoms with van der Waals surface area (Å²) in [6.07, 6.45) is 0.772. The highest BCUT2D eigenvalue weighted by atomic mass is 35.5. The van der Waals surface area contributed by atoms with Crippen LogP contribution < -0.4 is 10.2 Å². The number of carbonyl (C=O) groups is 1. The average molecular weight is 479 g/mol. The second-order valence-electron chi connectivity index (χ2n) is 8.46. The van der Waals surface area contributed by atoms with E-state index in [1.807, 2.05) is 12.3 Å². The van der Waals surface area contributed by atoms with Crippen LogP contribution in [0.25, 0.3) is 11.0 Å². The third-order valence-corrected chi connectivity index (χ3v) is 6.71. The zero-order chi connectivity index (χ0) is 23.2. The number of H-pyrrole nitrogens is 1. The topological polar surface area (TPSA) is 77.2 Å². The van der Waals surface area contributed by atoms with Gasteiger partial charge in [0, 0.05) is 36.5 Å². The van der Waals surface area contributed by atoms with Crippen LogP contribution in [-0.4, -0.2) is 58.0 Å². The summed E-state index contributed by atoms with van der Waals surface area (Å²) < 4.78 is 39.1. The predicted molar refractivity (Wildman–Crippen MR) is 119 cm³/mol. The fraction of sp³-hybridized carbons (Fsp3) is 0.409. The van der Waals surface area contributed by atoms with Gasteiger partial charge in [-0.05, 0) is 43.0 Å². The number of carbonyl (C=O) groups excluding carboxylic acids is 1. The SMILES string of the molecule is O=C(CNc1cc(Cl)cc(C(F)(F)F)c1)N1CC[C@H]2CCN(c3ncnc4[nH]ccc34)[C@H]2C1. The van der Waals surface area contributed by atoms with Crippen LogP contribution >= 0.6 is 11.6 Å². The third-order valence-electron chi connectivity index (χ3n) is 6.49. The Labute approximate surface area is 192 Å². The van der Waals surface area contributed by atoms with Crippen molar-refractivity contribution in [1.29, 1.82) is 0 Å². The normalized spacial score (nSPS) is 20.8. The number of fused-ring (bicyclic) bond motifs is 2. The van der Waals surface area contributed by atoms with Gasteiger partial charge in [0.2, 0.25) is 5.91 Å². The Morgan fingerprint density at radius 2 is 2.03 bits per heavy atom. The lowest BCUT2D eigenvalue weighted by Crippen LogP contribution is -2.51. The summed E-state index contributed by atoms with van der Waals surface area (Å²) >= 11 is 5.83. The molecule has 1 aromatic carbocycles. The Balaban J connectivity index is 1.27. The van der Waals surface area contributed by atoms with Gasteiger partial charge in [0.25, 0.3) is 0 Å². The van der Waals surface area contributed by atoms with Gasteiger partial charge in [-0.3, -0.25) is 4.79 Å². The highest BCUT2D eigenvalue weighted by Gasteiger charge is 2.40. The quantitative estimate of drug-likeness (QED) is 0.588. The molecule has 11 heteroatoms. The number of likely N-dealkylation sites (tertiary alicyclic amines) is 1. The number of aromatic nitrogens is 3. The van der Waals surface area contributed by atoms with Crippen molar-refractivity contribution in [1.82, 2.24) is 19.9 Å². The van der Waals surface area contributed by atoms with Gasteiger partial charge in [-0.15, -0.1) is 0 Å². The highest BCUT2D eigenvalue weighted by Crippen LogP contribution is 2.37. The minimum atomic E-state index is -4.51. The molecule has 33 heavy (non-hydrogen) atoms. The lowest BCUT2D eigenvalue weighted by atomic mass is 9.92. The van der Waals surface area contributed by atoms with Crippen molar-refractivity contribution >= 4 is 40.0 Å². The van der Waals surface area contributed by atoms with Gasteiger partial charge in [0.15, 0.2) is 0 Å². The summed E-state index contributed by atoms with van der Waals surface area (Å²) in [5, 5.41) is 3.71. The Kier molecular flexibility index (Phi) is 5.55. The molecule has 2 N–H and O–H groups in total.